The third-order valence-electron chi connectivity index (χ3n) is 2.77. The maximum absolute atomic E-state index is 12.4. The Morgan fingerprint density at radius 2 is 2.11 bits per heavy atom. The van der Waals surface area contributed by atoms with Gasteiger partial charge in [-0.15, -0.1) is 0 Å². The van der Waals surface area contributed by atoms with Gasteiger partial charge in [-0.3, -0.25) is 4.79 Å². The molecule has 1 fully saturated rings. The number of halogens is 3. The SMILES string of the molecule is CC1CN(C(=O)c2c[nH]c(C(F)(F)F)c2)S(=O)(=O)C1. The summed E-state index contributed by atoms with van der Waals surface area (Å²) in [5, 5.41) is 0. The first-order chi connectivity index (χ1) is 8.61. The van der Waals surface area contributed by atoms with Crippen LogP contribution in [0, 0.1) is 5.92 Å². The summed E-state index contributed by atoms with van der Waals surface area (Å²) in [7, 11) is -3.72. The van der Waals surface area contributed by atoms with Crippen molar-refractivity contribution >= 4 is 15.9 Å². The standard InChI is InChI=1S/C10H11F3N2O3S/c1-6-4-15(19(17,18)5-6)9(16)7-2-8(14-3-7)10(11,12)13/h2-3,6,14H,4-5H2,1H3. The fourth-order valence-corrected chi connectivity index (χ4v) is 3.78. The number of aromatic amines is 1. The van der Waals surface area contributed by atoms with Crippen LogP contribution >= 0.6 is 0 Å². The number of carbonyl (C=O) groups is 1. The van der Waals surface area contributed by atoms with Gasteiger partial charge in [-0.25, -0.2) is 12.7 Å². The first-order valence-electron chi connectivity index (χ1n) is 5.41. The lowest BCUT2D eigenvalue weighted by Gasteiger charge is -2.13. The second-order valence-electron chi connectivity index (χ2n) is 4.52. The highest BCUT2D eigenvalue weighted by Gasteiger charge is 2.39. The van der Waals surface area contributed by atoms with Gasteiger partial charge in [0.05, 0.1) is 11.3 Å². The molecule has 0 aromatic carbocycles. The molecular weight excluding hydrogens is 285 g/mol. The Morgan fingerprint density at radius 3 is 2.53 bits per heavy atom. The lowest BCUT2D eigenvalue weighted by molar-refractivity contribution is -0.140. The molecule has 1 atom stereocenters. The van der Waals surface area contributed by atoms with E-state index in [2.05, 4.69) is 0 Å². The molecule has 1 aliphatic heterocycles. The molecule has 0 radical (unpaired) electrons. The summed E-state index contributed by atoms with van der Waals surface area (Å²) in [6.07, 6.45) is -3.74. The van der Waals surface area contributed by atoms with Crippen LogP contribution in [-0.4, -0.2) is 35.9 Å². The highest BCUT2D eigenvalue weighted by atomic mass is 32.2. The Labute approximate surface area is 107 Å². The minimum Gasteiger partial charge on any atom is -0.357 e. The predicted molar refractivity (Wildman–Crippen MR) is 59.8 cm³/mol. The zero-order chi connectivity index (χ0) is 14.4. The van der Waals surface area contributed by atoms with E-state index in [0.29, 0.717) is 10.4 Å². The van der Waals surface area contributed by atoms with E-state index in [0.717, 1.165) is 6.20 Å². The second-order valence-corrected chi connectivity index (χ2v) is 6.46. The van der Waals surface area contributed by atoms with Gasteiger partial charge in [-0.05, 0) is 12.0 Å². The van der Waals surface area contributed by atoms with Crippen LogP contribution in [0.25, 0.3) is 0 Å². The van der Waals surface area contributed by atoms with E-state index in [1.807, 2.05) is 4.98 Å². The van der Waals surface area contributed by atoms with Crippen molar-refractivity contribution < 1.29 is 26.4 Å². The number of nitrogens with one attached hydrogen (secondary N) is 1. The van der Waals surface area contributed by atoms with Gasteiger partial charge in [0.2, 0.25) is 10.0 Å². The van der Waals surface area contributed by atoms with Crippen LogP contribution in [0.2, 0.25) is 0 Å². The largest absolute Gasteiger partial charge is 0.431 e. The number of hydrogen-bond donors (Lipinski definition) is 1. The first kappa shape index (κ1) is 13.9. The fraction of sp³-hybridized carbons (Fsp3) is 0.500. The molecule has 1 aromatic heterocycles. The molecule has 1 unspecified atom stereocenters. The Morgan fingerprint density at radius 1 is 1.47 bits per heavy atom. The van der Waals surface area contributed by atoms with E-state index < -0.39 is 27.8 Å². The minimum atomic E-state index is -4.60. The van der Waals surface area contributed by atoms with E-state index in [-0.39, 0.29) is 23.8 Å². The molecule has 1 N–H and O–H groups in total. The van der Waals surface area contributed by atoms with Crippen LogP contribution in [0.1, 0.15) is 23.0 Å². The molecule has 1 saturated heterocycles. The molecule has 19 heavy (non-hydrogen) atoms. The highest BCUT2D eigenvalue weighted by Crippen LogP contribution is 2.29. The summed E-state index contributed by atoms with van der Waals surface area (Å²) in [5.41, 5.74) is -1.40. The topological polar surface area (TPSA) is 70.2 Å². The van der Waals surface area contributed by atoms with Gasteiger partial charge in [-0.1, -0.05) is 6.92 Å². The van der Waals surface area contributed by atoms with Crippen molar-refractivity contribution in [2.45, 2.75) is 13.1 Å². The van der Waals surface area contributed by atoms with Gasteiger partial charge in [0.15, 0.2) is 0 Å². The summed E-state index contributed by atoms with van der Waals surface area (Å²) in [5.74, 6) is -1.33. The number of rotatable bonds is 1. The molecular formula is C10H11F3N2O3S. The number of amides is 1. The minimum absolute atomic E-state index is 0.00625. The van der Waals surface area contributed by atoms with E-state index in [1.54, 1.807) is 6.92 Å². The Kier molecular flexibility index (Phi) is 3.12. The van der Waals surface area contributed by atoms with Crippen molar-refractivity contribution in [3.05, 3.63) is 23.5 Å². The van der Waals surface area contributed by atoms with Crippen molar-refractivity contribution in [1.82, 2.24) is 9.29 Å². The normalized spacial score (nSPS) is 22.7. The van der Waals surface area contributed by atoms with Crippen LogP contribution in [0.5, 0.6) is 0 Å². The Bertz CT molecular complexity index is 606. The summed E-state index contributed by atoms with van der Waals surface area (Å²) in [4.78, 5) is 13.8. The van der Waals surface area contributed by atoms with Gasteiger partial charge in [0.1, 0.15) is 5.69 Å². The number of nitrogens with zero attached hydrogens (tertiary/aromatic N) is 1. The zero-order valence-corrected chi connectivity index (χ0v) is 10.7. The van der Waals surface area contributed by atoms with Crippen LogP contribution in [0.15, 0.2) is 12.3 Å². The molecule has 0 bridgehead atoms. The molecule has 1 aromatic rings. The van der Waals surface area contributed by atoms with Crippen LogP contribution < -0.4 is 0 Å². The molecule has 0 spiro atoms. The van der Waals surface area contributed by atoms with Crippen molar-refractivity contribution in [1.29, 1.82) is 0 Å². The summed E-state index contributed by atoms with van der Waals surface area (Å²) >= 11 is 0. The third kappa shape index (κ3) is 2.60. The molecule has 0 aliphatic carbocycles. The van der Waals surface area contributed by atoms with Gasteiger partial charge in [0.25, 0.3) is 5.91 Å². The van der Waals surface area contributed by atoms with Crippen molar-refractivity contribution in [2.24, 2.45) is 5.92 Å². The number of alkyl halides is 3. The number of H-pyrrole nitrogens is 1. The Balaban J connectivity index is 2.28. The lowest BCUT2D eigenvalue weighted by atomic mass is 10.2. The van der Waals surface area contributed by atoms with E-state index in [4.69, 9.17) is 0 Å². The molecule has 5 nitrogen and oxygen atoms in total. The second kappa shape index (κ2) is 4.26. The van der Waals surface area contributed by atoms with Gasteiger partial charge in [-0.2, -0.15) is 13.2 Å². The van der Waals surface area contributed by atoms with E-state index in [9.17, 15) is 26.4 Å². The number of hydrogen-bond acceptors (Lipinski definition) is 3. The molecule has 1 amide bonds. The van der Waals surface area contributed by atoms with Crippen LogP contribution in [0.4, 0.5) is 13.2 Å². The molecule has 2 heterocycles. The maximum atomic E-state index is 12.4. The molecule has 2 rings (SSSR count). The molecule has 106 valence electrons. The summed E-state index contributed by atoms with van der Waals surface area (Å²) in [6, 6.07) is 0.612. The van der Waals surface area contributed by atoms with E-state index >= 15 is 0 Å². The quantitative estimate of drug-likeness (QED) is 0.853. The highest BCUT2D eigenvalue weighted by molar-refractivity contribution is 7.89. The van der Waals surface area contributed by atoms with Gasteiger partial charge < -0.3 is 4.98 Å². The smallest absolute Gasteiger partial charge is 0.357 e. The van der Waals surface area contributed by atoms with Crippen molar-refractivity contribution in [3.63, 3.8) is 0 Å². The molecule has 9 heteroatoms. The maximum Gasteiger partial charge on any atom is 0.431 e. The lowest BCUT2D eigenvalue weighted by Crippen LogP contribution is -2.32. The van der Waals surface area contributed by atoms with Crippen LogP contribution in [0.3, 0.4) is 0 Å². The molecule has 0 saturated carbocycles. The zero-order valence-electron chi connectivity index (χ0n) is 9.86. The van der Waals surface area contributed by atoms with Crippen molar-refractivity contribution in [2.75, 3.05) is 12.3 Å². The van der Waals surface area contributed by atoms with Crippen LogP contribution in [-0.2, 0) is 16.2 Å². The first-order valence-corrected chi connectivity index (χ1v) is 7.02. The van der Waals surface area contributed by atoms with Gasteiger partial charge >= 0.3 is 6.18 Å². The predicted octanol–water partition coefficient (Wildman–Crippen LogP) is 1.46. The fourth-order valence-electron chi connectivity index (χ4n) is 1.93. The summed E-state index contributed by atoms with van der Waals surface area (Å²) < 4.78 is 61.1. The average molecular weight is 296 g/mol. The molecule has 1 aliphatic rings. The number of carbonyl (C=O) groups excluding carboxylic acids is 1. The Hall–Kier alpha value is -1.51. The van der Waals surface area contributed by atoms with E-state index in [1.165, 1.54) is 0 Å². The van der Waals surface area contributed by atoms with Crippen molar-refractivity contribution in [3.8, 4) is 0 Å². The number of sulfonamides is 1. The average Bonchev–Trinajstić information content (AvgIpc) is 2.80. The summed E-state index contributed by atoms with van der Waals surface area (Å²) in [6.45, 7) is 1.65. The van der Waals surface area contributed by atoms with Gasteiger partial charge in [0, 0.05) is 12.7 Å². The number of aromatic nitrogens is 1. The monoisotopic (exact) mass is 296 g/mol. The third-order valence-corrected chi connectivity index (χ3v) is 4.75.